The number of rotatable bonds is 3. The number of anilines is 1. The van der Waals surface area contributed by atoms with Crippen LogP contribution in [0.2, 0.25) is 0 Å². The summed E-state index contributed by atoms with van der Waals surface area (Å²) in [5, 5.41) is 5.64. The number of carbonyl (C=O) groups excluding carboxylic acids is 1. The first-order chi connectivity index (χ1) is 8.19. The highest BCUT2D eigenvalue weighted by molar-refractivity contribution is 5.91. The second kappa shape index (κ2) is 4.86. The zero-order valence-electron chi connectivity index (χ0n) is 9.95. The Labute approximate surface area is 99.6 Å². The third kappa shape index (κ3) is 2.75. The molecule has 1 aromatic heterocycles. The van der Waals surface area contributed by atoms with Crippen molar-refractivity contribution in [2.45, 2.75) is 26.3 Å². The largest absolute Gasteiger partial charge is 0.345 e. The summed E-state index contributed by atoms with van der Waals surface area (Å²) < 4.78 is 0. The number of benzene rings is 1. The van der Waals surface area contributed by atoms with Crippen LogP contribution >= 0.6 is 0 Å². The zero-order chi connectivity index (χ0) is 12.3. The number of hydrogen-bond donors (Lipinski definition) is 3. The average Bonchev–Trinajstić information content (AvgIpc) is 2.75. The number of nitrogens with zero attached hydrogens (tertiary/aromatic N) is 1. The highest BCUT2D eigenvalue weighted by atomic mass is 16.2. The van der Waals surface area contributed by atoms with E-state index in [0.29, 0.717) is 0 Å². The minimum atomic E-state index is -0.182. The van der Waals surface area contributed by atoms with E-state index in [2.05, 4.69) is 20.6 Å². The Morgan fingerprint density at radius 1 is 1.53 bits per heavy atom. The first kappa shape index (κ1) is 11.4. The molecule has 0 radical (unpaired) electrons. The number of hydrogen-bond acceptors (Lipinski definition) is 2. The quantitative estimate of drug-likeness (QED) is 0.760. The second-order valence-corrected chi connectivity index (χ2v) is 4.04. The van der Waals surface area contributed by atoms with Gasteiger partial charge in [-0.2, -0.15) is 0 Å². The molecule has 2 rings (SSSR count). The third-order valence-corrected chi connectivity index (χ3v) is 2.67. The van der Waals surface area contributed by atoms with E-state index in [-0.39, 0.29) is 12.1 Å². The van der Waals surface area contributed by atoms with Crippen LogP contribution in [0.5, 0.6) is 0 Å². The van der Waals surface area contributed by atoms with Crippen LogP contribution in [0.1, 0.15) is 20.3 Å². The van der Waals surface area contributed by atoms with E-state index in [1.807, 2.05) is 32.0 Å². The third-order valence-electron chi connectivity index (χ3n) is 2.67. The molecule has 2 aromatic rings. The molecular formula is C12H16N4O. The highest BCUT2D eigenvalue weighted by Gasteiger charge is 2.06. The summed E-state index contributed by atoms with van der Waals surface area (Å²) in [6.45, 7) is 4.00. The van der Waals surface area contributed by atoms with Gasteiger partial charge in [0.05, 0.1) is 17.4 Å². The summed E-state index contributed by atoms with van der Waals surface area (Å²) in [5.41, 5.74) is 2.55. The van der Waals surface area contributed by atoms with Gasteiger partial charge in [0, 0.05) is 11.7 Å². The van der Waals surface area contributed by atoms with Crippen LogP contribution in [0.4, 0.5) is 10.5 Å². The molecule has 1 atom stereocenters. The molecule has 0 aliphatic heterocycles. The van der Waals surface area contributed by atoms with Crippen molar-refractivity contribution < 1.29 is 4.79 Å². The van der Waals surface area contributed by atoms with Crippen LogP contribution in [0.3, 0.4) is 0 Å². The molecule has 0 aliphatic rings. The van der Waals surface area contributed by atoms with Gasteiger partial charge < -0.3 is 15.6 Å². The molecule has 1 aromatic carbocycles. The van der Waals surface area contributed by atoms with Gasteiger partial charge in [-0.25, -0.2) is 9.78 Å². The maximum Gasteiger partial charge on any atom is 0.319 e. The molecule has 90 valence electrons. The molecule has 0 fully saturated rings. The number of nitrogens with one attached hydrogen (secondary N) is 3. The molecule has 5 nitrogen and oxygen atoms in total. The van der Waals surface area contributed by atoms with E-state index in [9.17, 15) is 4.79 Å². The molecule has 0 spiro atoms. The Morgan fingerprint density at radius 3 is 3.12 bits per heavy atom. The maximum absolute atomic E-state index is 11.6. The van der Waals surface area contributed by atoms with Gasteiger partial charge >= 0.3 is 6.03 Å². The number of urea groups is 1. The van der Waals surface area contributed by atoms with Crippen LogP contribution in [0.25, 0.3) is 11.0 Å². The van der Waals surface area contributed by atoms with Crippen LogP contribution in [-0.2, 0) is 0 Å². The lowest BCUT2D eigenvalue weighted by molar-refractivity contribution is 0.249. The fraction of sp³-hybridized carbons (Fsp3) is 0.333. The smallest absolute Gasteiger partial charge is 0.319 e. The van der Waals surface area contributed by atoms with Gasteiger partial charge in [0.25, 0.3) is 0 Å². The summed E-state index contributed by atoms with van der Waals surface area (Å²) in [5.74, 6) is 0. The molecule has 0 bridgehead atoms. The lowest BCUT2D eigenvalue weighted by atomic mass is 10.2. The standard InChI is InChI=1S/C12H16N4O/c1-3-8(2)15-12(17)16-9-4-5-10-11(6-9)14-7-13-10/h4-8H,3H2,1-2H3,(H,13,14)(H2,15,16,17). The molecular weight excluding hydrogens is 216 g/mol. The Kier molecular flexibility index (Phi) is 3.27. The average molecular weight is 232 g/mol. The van der Waals surface area contributed by atoms with Crippen LogP contribution in [0, 0.1) is 0 Å². The van der Waals surface area contributed by atoms with Gasteiger partial charge in [-0.05, 0) is 31.5 Å². The first-order valence-electron chi connectivity index (χ1n) is 5.69. The van der Waals surface area contributed by atoms with E-state index in [4.69, 9.17) is 0 Å². The Hall–Kier alpha value is -2.04. The molecule has 2 amide bonds. The SMILES string of the molecule is CCC(C)NC(=O)Nc1ccc2nc[nH]c2c1. The van der Waals surface area contributed by atoms with Crippen molar-refractivity contribution in [1.82, 2.24) is 15.3 Å². The lowest BCUT2D eigenvalue weighted by Gasteiger charge is -2.12. The van der Waals surface area contributed by atoms with E-state index >= 15 is 0 Å². The minimum Gasteiger partial charge on any atom is -0.345 e. The molecule has 0 aliphatic carbocycles. The summed E-state index contributed by atoms with van der Waals surface area (Å²) in [6.07, 6.45) is 2.54. The molecule has 3 N–H and O–H groups in total. The van der Waals surface area contributed by atoms with Crippen LogP contribution < -0.4 is 10.6 Å². The number of imidazole rings is 1. The summed E-state index contributed by atoms with van der Waals surface area (Å²) in [6, 6.07) is 5.55. The number of aromatic nitrogens is 2. The zero-order valence-corrected chi connectivity index (χ0v) is 9.95. The summed E-state index contributed by atoms with van der Waals surface area (Å²) >= 11 is 0. The predicted molar refractivity (Wildman–Crippen MR) is 68.0 cm³/mol. The van der Waals surface area contributed by atoms with Gasteiger partial charge in [-0.15, -0.1) is 0 Å². The Balaban J connectivity index is 2.05. The molecule has 0 saturated heterocycles. The fourth-order valence-electron chi connectivity index (χ4n) is 1.51. The molecule has 0 saturated carbocycles. The van der Waals surface area contributed by atoms with E-state index in [1.165, 1.54) is 0 Å². The van der Waals surface area contributed by atoms with Crippen molar-refractivity contribution in [3.8, 4) is 0 Å². The van der Waals surface area contributed by atoms with Crippen molar-refractivity contribution in [3.63, 3.8) is 0 Å². The Bertz CT molecular complexity index is 520. The normalized spacial score (nSPS) is 12.4. The van der Waals surface area contributed by atoms with Gasteiger partial charge in [-0.3, -0.25) is 0 Å². The number of aromatic amines is 1. The van der Waals surface area contributed by atoms with Crippen LogP contribution in [-0.4, -0.2) is 22.0 Å². The van der Waals surface area contributed by atoms with Crippen LogP contribution in [0.15, 0.2) is 24.5 Å². The van der Waals surface area contributed by atoms with E-state index in [1.54, 1.807) is 6.33 Å². The monoisotopic (exact) mass is 232 g/mol. The number of fused-ring (bicyclic) bond motifs is 1. The fourth-order valence-corrected chi connectivity index (χ4v) is 1.51. The van der Waals surface area contributed by atoms with E-state index in [0.717, 1.165) is 23.1 Å². The van der Waals surface area contributed by atoms with Crippen molar-refractivity contribution in [2.75, 3.05) is 5.32 Å². The maximum atomic E-state index is 11.6. The molecule has 17 heavy (non-hydrogen) atoms. The highest BCUT2D eigenvalue weighted by Crippen LogP contribution is 2.15. The van der Waals surface area contributed by atoms with Gasteiger partial charge in [0.2, 0.25) is 0 Å². The summed E-state index contributed by atoms with van der Waals surface area (Å²) in [4.78, 5) is 18.7. The van der Waals surface area contributed by atoms with E-state index < -0.39 is 0 Å². The second-order valence-electron chi connectivity index (χ2n) is 4.04. The van der Waals surface area contributed by atoms with Gasteiger partial charge in [0.1, 0.15) is 0 Å². The number of H-pyrrole nitrogens is 1. The molecule has 5 heteroatoms. The van der Waals surface area contributed by atoms with Crippen molar-refractivity contribution in [2.24, 2.45) is 0 Å². The molecule has 1 unspecified atom stereocenters. The number of amides is 2. The Morgan fingerprint density at radius 2 is 2.35 bits per heavy atom. The van der Waals surface area contributed by atoms with Crippen molar-refractivity contribution >= 4 is 22.8 Å². The van der Waals surface area contributed by atoms with Crippen molar-refractivity contribution in [1.29, 1.82) is 0 Å². The van der Waals surface area contributed by atoms with Crippen molar-refractivity contribution in [3.05, 3.63) is 24.5 Å². The molecule has 1 heterocycles. The minimum absolute atomic E-state index is 0.172. The predicted octanol–water partition coefficient (Wildman–Crippen LogP) is 2.48. The first-order valence-corrected chi connectivity index (χ1v) is 5.69. The summed E-state index contributed by atoms with van der Waals surface area (Å²) in [7, 11) is 0. The van der Waals surface area contributed by atoms with Gasteiger partial charge in [0.15, 0.2) is 0 Å². The van der Waals surface area contributed by atoms with Gasteiger partial charge in [-0.1, -0.05) is 6.92 Å². The number of carbonyl (C=O) groups is 1. The lowest BCUT2D eigenvalue weighted by Crippen LogP contribution is -2.35. The topological polar surface area (TPSA) is 69.8 Å².